The van der Waals surface area contributed by atoms with Crippen LogP contribution < -0.4 is 16.2 Å². The lowest BCUT2D eigenvalue weighted by molar-refractivity contribution is -0.305. The zero-order valence-electron chi connectivity index (χ0n) is 18.4. The molecule has 7 heteroatoms. The van der Waals surface area contributed by atoms with Gasteiger partial charge in [-0.2, -0.15) is 0 Å². The molecule has 0 saturated carbocycles. The lowest BCUT2D eigenvalue weighted by Gasteiger charge is -2.14. The molecule has 1 unspecified atom stereocenters. The minimum Gasteiger partial charge on any atom is -0.550 e. The first-order valence-electron chi connectivity index (χ1n) is 11.3. The molecule has 0 aliphatic rings. The highest BCUT2D eigenvalue weighted by Crippen LogP contribution is 2.31. The predicted octanol–water partition coefficient (Wildman–Crippen LogP) is 4.46. The lowest BCUT2D eigenvalue weighted by Crippen LogP contribution is -2.22. The van der Waals surface area contributed by atoms with Gasteiger partial charge in [-0.15, -0.1) is 0 Å². The van der Waals surface area contributed by atoms with E-state index in [-0.39, 0.29) is 6.42 Å². The van der Waals surface area contributed by atoms with Gasteiger partial charge in [-0.25, -0.2) is 0 Å². The van der Waals surface area contributed by atoms with Crippen LogP contribution in [0, 0.1) is 0 Å². The van der Waals surface area contributed by atoms with Crippen LogP contribution in [0.3, 0.4) is 0 Å². The number of nitrogen functional groups attached to an aromatic ring is 1. The highest BCUT2D eigenvalue weighted by atomic mass is 35.5. The molecule has 0 aliphatic carbocycles. The van der Waals surface area contributed by atoms with E-state index in [1.807, 2.05) is 6.07 Å². The van der Waals surface area contributed by atoms with Gasteiger partial charge in [0, 0.05) is 12.5 Å². The molecule has 0 fully saturated rings. The van der Waals surface area contributed by atoms with Crippen molar-refractivity contribution < 1.29 is 15.0 Å². The van der Waals surface area contributed by atoms with Crippen LogP contribution in [0.1, 0.15) is 67.7 Å². The quantitative estimate of drug-likeness (QED) is 0.258. The van der Waals surface area contributed by atoms with Gasteiger partial charge < -0.3 is 26.1 Å². The molecule has 1 atom stereocenters. The number of nitrogens with two attached hydrogens (primary N) is 1. The Morgan fingerprint density at radius 2 is 1.53 bits per heavy atom. The van der Waals surface area contributed by atoms with Gasteiger partial charge in [0.15, 0.2) is 0 Å². The molecule has 0 radical (unpaired) electrons. The number of rotatable bonds is 15. The maximum Gasteiger partial charge on any atom is 0.0915 e. The Labute approximate surface area is 200 Å². The summed E-state index contributed by atoms with van der Waals surface area (Å²) in [7, 11) is 0. The van der Waals surface area contributed by atoms with Crippen molar-refractivity contribution in [1.82, 2.24) is 5.32 Å². The number of carbonyl (C=O) groups is 1. The molecule has 0 aromatic heterocycles. The van der Waals surface area contributed by atoms with E-state index in [1.165, 1.54) is 11.1 Å². The number of benzene rings is 2. The van der Waals surface area contributed by atoms with Gasteiger partial charge in [-0.05, 0) is 80.3 Å². The Morgan fingerprint density at radius 3 is 2.12 bits per heavy atom. The number of carbonyl (C=O) groups excluding carboxylic acids is 1. The third-order valence-corrected chi connectivity index (χ3v) is 6.19. The number of halogens is 2. The van der Waals surface area contributed by atoms with Crippen LogP contribution in [-0.2, 0) is 17.6 Å². The first kappa shape index (κ1) is 26.5. The van der Waals surface area contributed by atoms with E-state index in [0.717, 1.165) is 51.5 Å². The third-order valence-electron chi connectivity index (χ3n) is 5.57. The number of anilines is 1. The summed E-state index contributed by atoms with van der Waals surface area (Å²) in [5.74, 6) is -0.971. The van der Waals surface area contributed by atoms with Crippen LogP contribution in [0.15, 0.2) is 36.4 Å². The van der Waals surface area contributed by atoms with Crippen molar-refractivity contribution in [3.8, 4) is 0 Å². The minimum absolute atomic E-state index is 0.134. The van der Waals surface area contributed by atoms with Crippen LogP contribution in [0.2, 0.25) is 10.0 Å². The molecule has 2 aromatic rings. The molecule has 4 N–H and O–H groups in total. The van der Waals surface area contributed by atoms with Gasteiger partial charge in [-0.3, -0.25) is 0 Å². The van der Waals surface area contributed by atoms with Crippen molar-refractivity contribution in [3.63, 3.8) is 0 Å². The monoisotopic (exact) mass is 479 g/mol. The Morgan fingerprint density at radius 1 is 0.969 bits per heavy atom. The van der Waals surface area contributed by atoms with Crippen LogP contribution in [-0.4, -0.2) is 24.2 Å². The summed E-state index contributed by atoms with van der Waals surface area (Å²) in [4.78, 5) is 10.5. The minimum atomic E-state index is -0.971. The highest BCUT2D eigenvalue weighted by Gasteiger charge is 2.12. The Bertz CT molecular complexity index is 838. The van der Waals surface area contributed by atoms with Gasteiger partial charge in [0.25, 0.3) is 0 Å². The number of aryl methyl sites for hydroxylation is 2. The molecule has 0 spiro atoms. The topological polar surface area (TPSA) is 98.4 Å². The number of aliphatic hydroxyl groups is 1. The maximum atomic E-state index is 10.5. The van der Waals surface area contributed by atoms with Crippen molar-refractivity contribution in [1.29, 1.82) is 0 Å². The van der Waals surface area contributed by atoms with Crippen molar-refractivity contribution in [2.75, 3.05) is 18.8 Å². The summed E-state index contributed by atoms with van der Waals surface area (Å²) in [6.07, 6.45) is 7.38. The van der Waals surface area contributed by atoms with Crippen molar-refractivity contribution >= 4 is 34.9 Å². The largest absolute Gasteiger partial charge is 0.550 e. The normalized spacial score (nSPS) is 12.1. The summed E-state index contributed by atoms with van der Waals surface area (Å²) in [5.41, 5.74) is 9.40. The summed E-state index contributed by atoms with van der Waals surface area (Å²) in [5, 5.41) is 24.8. The number of nitrogens with one attached hydrogen (secondary N) is 1. The molecule has 32 heavy (non-hydrogen) atoms. The summed E-state index contributed by atoms with van der Waals surface area (Å²) in [6.45, 7) is 1.27. The van der Waals surface area contributed by atoms with Crippen molar-refractivity contribution in [2.24, 2.45) is 0 Å². The molecule has 2 aromatic carbocycles. The summed E-state index contributed by atoms with van der Waals surface area (Å²) < 4.78 is 0. The van der Waals surface area contributed by atoms with Crippen LogP contribution >= 0.6 is 23.2 Å². The van der Waals surface area contributed by atoms with E-state index in [1.54, 1.807) is 12.1 Å². The second kappa shape index (κ2) is 14.4. The number of aliphatic hydroxyl groups excluding tert-OH is 1. The fraction of sp³-hybridized carbons (Fsp3) is 0.480. The average Bonchev–Trinajstić information content (AvgIpc) is 2.77. The van der Waals surface area contributed by atoms with E-state index >= 15 is 0 Å². The molecule has 176 valence electrons. The second-order valence-corrected chi connectivity index (χ2v) is 8.94. The zero-order valence-corrected chi connectivity index (χ0v) is 19.9. The molecule has 2 rings (SSSR count). The standard InChI is InChI=1S/C25H34Cl2N2O3/c26-21-15-20(16-22(27)25(21)28)23(30)17-29-14-8-2-1-3-9-18-10-4-5-11-19(18)12-6-7-13-24(31)32/h4-5,10-11,15-16,23,29-30H,1-3,6-9,12-14,17,28H2,(H,31,32)/p-1. The maximum absolute atomic E-state index is 10.5. The van der Waals surface area contributed by atoms with Gasteiger partial charge in [0.1, 0.15) is 0 Å². The summed E-state index contributed by atoms with van der Waals surface area (Å²) in [6, 6.07) is 11.7. The Kier molecular flexibility index (Phi) is 11.9. The number of unbranched alkanes of at least 4 members (excludes halogenated alkanes) is 4. The number of carboxylic acids is 1. The van der Waals surface area contributed by atoms with E-state index in [4.69, 9.17) is 28.9 Å². The first-order valence-corrected chi connectivity index (χ1v) is 12.0. The smallest absolute Gasteiger partial charge is 0.0915 e. The zero-order chi connectivity index (χ0) is 23.3. The number of aliphatic carboxylic acids is 1. The highest BCUT2D eigenvalue weighted by molar-refractivity contribution is 6.38. The van der Waals surface area contributed by atoms with E-state index in [0.29, 0.717) is 34.3 Å². The van der Waals surface area contributed by atoms with Gasteiger partial charge in [0.05, 0.1) is 21.8 Å². The fourth-order valence-electron chi connectivity index (χ4n) is 3.70. The predicted molar refractivity (Wildman–Crippen MR) is 130 cm³/mol. The van der Waals surface area contributed by atoms with E-state index < -0.39 is 12.1 Å². The number of carboxylic acid groups (broad SMARTS) is 1. The van der Waals surface area contributed by atoms with Crippen LogP contribution in [0.25, 0.3) is 0 Å². The molecule has 0 amide bonds. The van der Waals surface area contributed by atoms with Crippen molar-refractivity contribution in [2.45, 2.75) is 63.9 Å². The molecule has 0 saturated heterocycles. The lowest BCUT2D eigenvalue weighted by atomic mass is 9.97. The fourth-order valence-corrected chi connectivity index (χ4v) is 4.21. The van der Waals surface area contributed by atoms with Crippen molar-refractivity contribution in [3.05, 3.63) is 63.1 Å². The second-order valence-electron chi connectivity index (χ2n) is 8.13. The van der Waals surface area contributed by atoms with Crippen LogP contribution in [0.4, 0.5) is 5.69 Å². The van der Waals surface area contributed by atoms with E-state index in [2.05, 4.69) is 23.5 Å². The average molecular weight is 480 g/mol. The molecule has 0 heterocycles. The van der Waals surface area contributed by atoms with Crippen LogP contribution in [0.5, 0.6) is 0 Å². The molecule has 0 aliphatic heterocycles. The van der Waals surface area contributed by atoms with Gasteiger partial charge in [0.2, 0.25) is 0 Å². The Hall–Kier alpha value is -1.79. The molecule has 0 bridgehead atoms. The summed E-state index contributed by atoms with van der Waals surface area (Å²) >= 11 is 12.1. The third kappa shape index (κ3) is 9.37. The SMILES string of the molecule is Nc1c(Cl)cc(C(O)CNCCCCCCc2ccccc2CCCCC(=O)[O-])cc1Cl. The first-order chi connectivity index (χ1) is 15.4. The Balaban J connectivity index is 1.59. The van der Waals surface area contributed by atoms with Gasteiger partial charge >= 0.3 is 0 Å². The van der Waals surface area contributed by atoms with Gasteiger partial charge in [-0.1, -0.05) is 60.3 Å². The van der Waals surface area contributed by atoms with E-state index in [9.17, 15) is 15.0 Å². The molecular weight excluding hydrogens is 447 g/mol. The molecule has 5 nitrogen and oxygen atoms in total. The number of hydrogen-bond donors (Lipinski definition) is 3. The number of hydrogen-bond acceptors (Lipinski definition) is 5. The molecular formula is C25H33Cl2N2O3-.